The number of benzene rings is 2. The Morgan fingerprint density at radius 3 is 2.64 bits per heavy atom. The number of hydrogen-bond donors (Lipinski definition) is 2. The molecule has 4 amide bonds. The van der Waals surface area contributed by atoms with E-state index in [0.29, 0.717) is 36.8 Å². The first-order chi connectivity index (χ1) is 18.6. The van der Waals surface area contributed by atoms with Gasteiger partial charge in [0.25, 0.3) is 5.91 Å². The van der Waals surface area contributed by atoms with Crippen molar-refractivity contribution in [1.82, 2.24) is 15.5 Å². The van der Waals surface area contributed by atoms with Gasteiger partial charge >= 0.3 is 12.3 Å². The van der Waals surface area contributed by atoms with Crippen molar-refractivity contribution in [3.05, 3.63) is 70.3 Å². The third-order valence-electron chi connectivity index (χ3n) is 7.66. The lowest BCUT2D eigenvalue weighted by molar-refractivity contribution is -0.139. The molecular formula is C28H28F3N3O5. The summed E-state index contributed by atoms with van der Waals surface area (Å²) >= 11 is 0. The van der Waals surface area contributed by atoms with Crippen molar-refractivity contribution < 1.29 is 37.1 Å². The van der Waals surface area contributed by atoms with Gasteiger partial charge in [-0.25, -0.2) is 4.79 Å². The lowest BCUT2D eigenvalue weighted by Gasteiger charge is -2.31. The number of rotatable bonds is 5. The molecule has 1 saturated carbocycles. The largest absolute Gasteiger partial charge is 0.445 e. The molecule has 8 nitrogen and oxygen atoms in total. The summed E-state index contributed by atoms with van der Waals surface area (Å²) in [6.07, 6.45) is -2.37. The number of hydrogen-bond acceptors (Lipinski definition) is 5. The van der Waals surface area contributed by atoms with Crippen LogP contribution in [-0.4, -0.2) is 40.8 Å². The maximum atomic E-state index is 13.5. The van der Waals surface area contributed by atoms with Crippen LogP contribution in [0.4, 0.5) is 18.0 Å². The second-order valence-electron chi connectivity index (χ2n) is 10.3. The summed E-state index contributed by atoms with van der Waals surface area (Å²) in [6.45, 7) is 0.153. The molecule has 206 valence electrons. The van der Waals surface area contributed by atoms with Crippen LogP contribution in [0.25, 0.3) is 0 Å². The number of fused-ring (bicyclic) bond motifs is 1. The number of carbonyl (C=O) groups excluding carboxylic acids is 4. The highest BCUT2D eigenvalue weighted by molar-refractivity contribution is 6.05. The van der Waals surface area contributed by atoms with Crippen molar-refractivity contribution in [2.75, 3.05) is 0 Å². The normalized spacial score (nSPS) is 23.3. The van der Waals surface area contributed by atoms with Crippen molar-refractivity contribution in [1.29, 1.82) is 0 Å². The number of amides is 4. The van der Waals surface area contributed by atoms with Gasteiger partial charge in [-0.15, -0.1) is 0 Å². The minimum absolute atomic E-state index is 0.0993. The van der Waals surface area contributed by atoms with E-state index in [0.717, 1.165) is 11.6 Å². The smallest absolute Gasteiger partial charge is 0.416 e. The maximum Gasteiger partial charge on any atom is 0.416 e. The van der Waals surface area contributed by atoms with E-state index in [1.807, 2.05) is 0 Å². The molecule has 0 aromatic heterocycles. The van der Waals surface area contributed by atoms with Gasteiger partial charge < -0.3 is 15.0 Å². The van der Waals surface area contributed by atoms with Crippen LogP contribution in [0.5, 0.6) is 0 Å². The van der Waals surface area contributed by atoms with Gasteiger partial charge in [-0.3, -0.25) is 19.7 Å². The molecule has 3 aliphatic rings. The van der Waals surface area contributed by atoms with Gasteiger partial charge in [0.15, 0.2) is 0 Å². The van der Waals surface area contributed by atoms with Crippen molar-refractivity contribution in [2.24, 2.45) is 0 Å². The summed E-state index contributed by atoms with van der Waals surface area (Å²) in [5.74, 6) is -1.48. The Hall–Kier alpha value is -3.89. The minimum Gasteiger partial charge on any atom is -0.445 e. The summed E-state index contributed by atoms with van der Waals surface area (Å²) in [4.78, 5) is 50.6. The Bertz CT molecular complexity index is 1310. The molecular weight excluding hydrogens is 515 g/mol. The summed E-state index contributed by atoms with van der Waals surface area (Å²) in [6, 6.07) is 9.65. The molecule has 3 atom stereocenters. The van der Waals surface area contributed by atoms with Crippen LogP contribution in [-0.2, 0) is 33.7 Å². The molecule has 0 spiro atoms. The van der Waals surface area contributed by atoms with Crippen molar-refractivity contribution in [2.45, 2.75) is 75.9 Å². The summed E-state index contributed by atoms with van der Waals surface area (Å²) in [5.41, 5.74) is 1.35. The number of alkyl carbamates (subject to hydrolysis) is 1. The van der Waals surface area contributed by atoms with Crippen LogP contribution in [0.2, 0.25) is 0 Å². The average Bonchev–Trinajstić information content (AvgIpc) is 3.22. The number of halogens is 3. The van der Waals surface area contributed by atoms with E-state index in [1.165, 1.54) is 17.0 Å². The third kappa shape index (κ3) is 5.76. The first kappa shape index (κ1) is 26.7. The molecule has 2 heterocycles. The second-order valence-corrected chi connectivity index (χ2v) is 10.3. The van der Waals surface area contributed by atoms with Crippen LogP contribution < -0.4 is 10.6 Å². The Morgan fingerprint density at radius 1 is 1.08 bits per heavy atom. The first-order valence-electron chi connectivity index (χ1n) is 13.0. The number of piperidine rings is 1. The lowest BCUT2D eigenvalue weighted by atomic mass is 9.79. The maximum absolute atomic E-state index is 13.5. The Kier molecular flexibility index (Phi) is 7.33. The van der Waals surface area contributed by atoms with Crippen LogP contribution >= 0.6 is 0 Å². The SMILES string of the molecule is O=C1CCC(N2Cc3ccc(COC(=O)N[C@@H]4CCC[C@H](c5ccccc5C(F)(F)F)C4)cc3C2=O)C(=O)N1. The van der Waals surface area contributed by atoms with Gasteiger partial charge in [-0.2, -0.15) is 13.2 Å². The first-order valence-corrected chi connectivity index (χ1v) is 13.0. The van der Waals surface area contributed by atoms with Crippen LogP contribution in [0.1, 0.15) is 77.1 Å². The van der Waals surface area contributed by atoms with E-state index >= 15 is 0 Å². The molecule has 5 rings (SSSR count). The van der Waals surface area contributed by atoms with Crippen LogP contribution in [0.3, 0.4) is 0 Å². The topological polar surface area (TPSA) is 105 Å². The van der Waals surface area contributed by atoms with Gasteiger partial charge in [0, 0.05) is 24.6 Å². The zero-order chi connectivity index (χ0) is 27.7. The van der Waals surface area contributed by atoms with Crippen LogP contribution in [0.15, 0.2) is 42.5 Å². The fraction of sp³-hybridized carbons (Fsp3) is 0.429. The van der Waals surface area contributed by atoms with Crippen LogP contribution in [0, 0.1) is 0 Å². The molecule has 0 bridgehead atoms. The van der Waals surface area contributed by atoms with Gasteiger partial charge in [-0.1, -0.05) is 36.8 Å². The quantitative estimate of drug-likeness (QED) is 0.544. The predicted molar refractivity (Wildman–Crippen MR) is 132 cm³/mol. The number of alkyl halides is 3. The van der Waals surface area contributed by atoms with E-state index < -0.39 is 29.8 Å². The van der Waals surface area contributed by atoms with Crippen molar-refractivity contribution in [3.8, 4) is 0 Å². The molecule has 2 aliphatic heterocycles. The monoisotopic (exact) mass is 543 g/mol. The third-order valence-corrected chi connectivity index (χ3v) is 7.66. The summed E-state index contributed by atoms with van der Waals surface area (Å²) in [5, 5.41) is 5.04. The summed E-state index contributed by atoms with van der Waals surface area (Å²) in [7, 11) is 0. The second kappa shape index (κ2) is 10.7. The zero-order valence-corrected chi connectivity index (χ0v) is 21.1. The Morgan fingerprint density at radius 2 is 1.87 bits per heavy atom. The molecule has 2 aromatic rings. The molecule has 0 radical (unpaired) electrons. The van der Waals surface area contributed by atoms with Crippen molar-refractivity contribution in [3.63, 3.8) is 0 Å². The van der Waals surface area contributed by atoms with E-state index in [1.54, 1.807) is 24.3 Å². The molecule has 1 unspecified atom stereocenters. The molecule has 11 heteroatoms. The van der Waals surface area contributed by atoms with E-state index in [-0.39, 0.29) is 55.3 Å². The van der Waals surface area contributed by atoms with E-state index in [2.05, 4.69) is 10.6 Å². The molecule has 2 fully saturated rings. The number of carbonyl (C=O) groups is 4. The predicted octanol–water partition coefficient (Wildman–Crippen LogP) is 4.42. The minimum atomic E-state index is -4.44. The molecule has 1 saturated heterocycles. The lowest BCUT2D eigenvalue weighted by Crippen LogP contribution is -2.52. The molecule has 2 aromatic carbocycles. The summed E-state index contributed by atoms with van der Waals surface area (Å²) < 4.78 is 45.8. The zero-order valence-electron chi connectivity index (χ0n) is 21.1. The number of imide groups is 1. The number of ether oxygens (including phenoxy) is 1. The highest BCUT2D eigenvalue weighted by atomic mass is 19.4. The highest BCUT2D eigenvalue weighted by Gasteiger charge is 2.39. The number of nitrogens with zero attached hydrogens (tertiary/aromatic N) is 1. The fourth-order valence-electron chi connectivity index (χ4n) is 5.76. The van der Waals surface area contributed by atoms with Gasteiger partial charge in [0.2, 0.25) is 11.8 Å². The van der Waals surface area contributed by atoms with Gasteiger partial charge in [-0.05, 0) is 60.4 Å². The van der Waals surface area contributed by atoms with Gasteiger partial charge in [0.05, 0.1) is 5.56 Å². The standard InChI is InChI=1S/C28H28F3N3O5/c29-28(30,31)22-7-2-1-6-20(22)17-4-3-5-19(13-17)32-27(38)39-15-16-8-9-18-14-34(26(37)21(18)12-16)23-10-11-24(35)33-25(23)36/h1-2,6-9,12,17,19,23H,3-5,10-11,13-15H2,(H,32,38)(H,33,35,36)/t17-,19+,23?/m0/s1. The van der Waals surface area contributed by atoms with E-state index in [4.69, 9.17) is 4.74 Å². The van der Waals surface area contributed by atoms with E-state index in [9.17, 15) is 32.3 Å². The van der Waals surface area contributed by atoms with Gasteiger partial charge in [0.1, 0.15) is 12.6 Å². The molecule has 2 N–H and O–H groups in total. The van der Waals surface area contributed by atoms with Crippen molar-refractivity contribution >= 4 is 23.8 Å². The average molecular weight is 544 g/mol. The Balaban J connectivity index is 1.16. The number of nitrogens with one attached hydrogen (secondary N) is 2. The molecule has 1 aliphatic carbocycles. The highest BCUT2D eigenvalue weighted by Crippen LogP contribution is 2.40. The molecule has 39 heavy (non-hydrogen) atoms. The fourth-order valence-corrected chi connectivity index (χ4v) is 5.76. The Labute approximate surface area is 222 Å².